The number of rotatable bonds is 4. The highest BCUT2D eigenvalue weighted by Gasteiger charge is 2.40. The molecule has 1 atom stereocenters. The molecule has 31 heavy (non-hydrogen) atoms. The Morgan fingerprint density at radius 3 is 1.74 bits per heavy atom. The first kappa shape index (κ1) is 19.2. The Labute approximate surface area is 184 Å². The summed E-state index contributed by atoms with van der Waals surface area (Å²) in [6.07, 6.45) is 4.48. The highest BCUT2D eigenvalue weighted by molar-refractivity contribution is 5.79. The van der Waals surface area contributed by atoms with Crippen LogP contribution in [0.1, 0.15) is 17.2 Å². The molecule has 0 radical (unpaired) electrons. The summed E-state index contributed by atoms with van der Waals surface area (Å²) in [7, 11) is 2.12. The Hall–Kier alpha value is -3.78. The summed E-state index contributed by atoms with van der Waals surface area (Å²) in [6, 6.07) is 36.8. The van der Waals surface area contributed by atoms with Crippen LogP contribution >= 0.6 is 0 Å². The number of benzene rings is 4. The molecule has 0 aromatic heterocycles. The normalized spacial score (nSPS) is 15.5. The molecule has 0 saturated carbocycles. The van der Waals surface area contributed by atoms with Gasteiger partial charge in [0, 0.05) is 26.6 Å². The van der Waals surface area contributed by atoms with Gasteiger partial charge < -0.3 is 0 Å². The number of hydrogen-bond donors (Lipinski definition) is 0. The van der Waals surface area contributed by atoms with Crippen molar-refractivity contribution in [3.63, 3.8) is 0 Å². The maximum absolute atomic E-state index is 2.39. The largest absolute Gasteiger partial charge is 0.273 e. The van der Waals surface area contributed by atoms with Crippen LogP contribution in [-0.2, 0) is 0 Å². The lowest BCUT2D eigenvalue weighted by Gasteiger charge is -2.17. The first-order valence-corrected chi connectivity index (χ1v) is 10.7. The lowest BCUT2D eigenvalue weighted by molar-refractivity contribution is -0.954. The number of azo groups is 4. The number of hydrogen-bond acceptors (Lipinski definition) is 0. The molecule has 0 amide bonds. The third kappa shape index (κ3) is 3.51. The van der Waals surface area contributed by atoms with Crippen molar-refractivity contribution in [2.45, 2.75) is 13.0 Å². The minimum atomic E-state index is 0.0951. The molecular weight excluding hydrogens is 376 g/mol. The van der Waals surface area contributed by atoms with E-state index in [1.807, 2.05) is 0 Å². The summed E-state index contributed by atoms with van der Waals surface area (Å²) in [5, 5.41) is 0. The summed E-state index contributed by atoms with van der Waals surface area (Å²) in [5.74, 6) is 0. The van der Waals surface area contributed by atoms with Crippen LogP contribution in [0.2, 0.25) is 0 Å². The van der Waals surface area contributed by atoms with Crippen molar-refractivity contribution in [3.8, 4) is 22.3 Å². The second kappa shape index (κ2) is 8.16. The number of para-hydroxylation sites is 1. The van der Waals surface area contributed by atoms with Crippen molar-refractivity contribution >= 4 is 5.69 Å². The minimum Gasteiger partial charge on any atom is -0.0622 e. The van der Waals surface area contributed by atoms with E-state index >= 15 is 0 Å². The second-order valence-corrected chi connectivity index (χ2v) is 7.99. The van der Waals surface area contributed by atoms with E-state index in [1.54, 1.807) is 0 Å². The molecule has 1 aliphatic heterocycles. The van der Waals surface area contributed by atoms with Crippen LogP contribution in [0.5, 0.6) is 0 Å². The van der Waals surface area contributed by atoms with E-state index < -0.39 is 0 Å². The molecule has 1 heterocycles. The quantitative estimate of drug-likeness (QED) is 0.315. The van der Waals surface area contributed by atoms with Crippen molar-refractivity contribution in [1.29, 1.82) is 0 Å². The minimum absolute atomic E-state index is 0.0951. The molecule has 5 rings (SSSR count). The standard InChI is InChI=1S/C29H26N2/c1-22-12-9-10-19-27(22)31-28(20-21-30(31)2)29-25(23-13-5-3-6-14-23)17-11-18-26(29)24-15-7-4-8-16-24/h3-21,28H,1-2H3/q+2. The Morgan fingerprint density at radius 1 is 0.613 bits per heavy atom. The second-order valence-electron chi connectivity index (χ2n) is 7.99. The van der Waals surface area contributed by atoms with Crippen LogP contribution in [0.4, 0.5) is 5.69 Å². The Bertz CT molecular complexity index is 1230. The monoisotopic (exact) mass is 402 g/mol. The molecule has 0 aliphatic carbocycles. The predicted molar refractivity (Wildman–Crippen MR) is 126 cm³/mol. The van der Waals surface area contributed by atoms with Gasteiger partial charge in [-0.15, -0.1) is 0 Å². The van der Waals surface area contributed by atoms with Crippen LogP contribution in [0.15, 0.2) is 115 Å². The van der Waals surface area contributed by atoms with Gasteiger partial charge in [-0.25, -0.2) is 0 Å². The molecule has 0 fully saturated rings. The molecule has 0 spiro atoms. The lowest BCUT2D eigenvalue weighted by atomic mass is 9.87. The topological polar surface area (TPSA) is 6.02 Å². The average molecular weight is 403 g/mol. The zero-order valence-electron chi connectivity index (χ0n) is 17.9. The fourth-order valence-corrected chi connectivity index (χ4v) is 4.54. The van der Waals surface area contributed by atoms with Crippen molar-refractivity contribution in [2.24, 2.45) is 0 Å². The zero-order valence-corrected chi connectivity index (χ0v) is 17.9. The maximum Gasteiger partial charge on any atom is 0.273 e. The van der Waals surface area contributed by atoms with Gasteiger partial charge in [-0.1, -0.05) is 97.1 Å². The summed E-state index contributed by atoms with van der Waals surface area (Å²) >= 11 is 0. The molecule has 150 valence electrons. The van der Waals surface area contributed by atoms with E-state index in [9.17, 15) is 0 Å². The lowest BCUT2D eigenvalue weighted by Crippen LogP contribution is -2.17. The Kier molecular flexibility index (Phi) is 5.05. The van der Waals surface area contributed by atoms with E-state index in [2.05, 4.69) is 139 Å². The van der Waals surface area contributed by atoms with Crippen LogP contribution in [0.25, 0.3) is 22.3 Å². The van der Waals surface area contributed by atoms with Crippen LogP contribution in [0.3, 0.4) is 0 Å². The molecule has 1 unspecified atom stereocenters. The third-order valence-corrected chi connectivity index (χ3v) is 6.02. The van der Waals surface area contributed by atoms with Crippen molar-refractivity contribution in [1.82, 2.24) is 0 Å². The van der Waals surface area contributed by atoms with Gasteiger partial charge in [0.15, 0.2) is 0 Å². The van der Waals surface area contributed by atoms with E-state index in [-0.39, 0.29) is 6.04 Å². The number of aryl methyl sites for hydroxylation is 1. The summed E-state index contributed by atoms with van der Waals surface area (Å²) in [4.78, 5) is 0. The van der Waals surface area contributed by atoms with Crippen LogP contribution < -0.4 is 0 Å². The third-order valence-electron chi connectivity index (χ3n) is 6.02. The zero-order chi connectivity index (χ0) is 21.2. The smallest absolute Gasteiger partial charge is 0.0622 e. The van der Waals surface area contributed by atoms with E-state index in [4.69, 9.17) is 0 Å². The van der Waals surface area contributed by atoms with Gasteiger partial charge in [0.2, 0.25) is 13.2 Å². The Morgan fingerprint density at radius 2 is 1.16 bits per heavy atom. The maximum atomic E-state index is 2.39. The van der Waals surface area contributed by atoms with Gasteiger partial charge in [0.1, 0.15) is 0 Å². The van der Waals surface area contributed by atoms with Gasteiger partial charge >= 0.3 is 0 Å². The van der Waals surface area contributed by atoms with E-state index in [1.165, 1.54) is 39.1 Å². The molecule has 4 aromatic carbocycles. The van der Waals surface area contributed by atoms with Gasteiger partial charge in [-0.05, 0) is 29.2 Å². The van der Waals surface area contributed by atoms with Crippen molar-refractivity contribution in [2.75, 3.05) is 7.05 Å². The summed E-state index contributed by atoms with van der Waals surface area (Å²) < 4.78 is 4.59. The predicted octanol–water partition coefficient (Wildman–Crippen LogP) is 7.34. The van der Waals surface area contributed by atoms with Gasteiger partial charge in [0.05, 0.1) is 6.08 Å². The van der Waals surface area contributed by atoms with Crippen molar-refractivity contribution < 1.29 is 9.39 Å². The van der Waals surface area contributed by atoms with E-state index in [0.717, 1.165) is 0 Å². The highest BCUT2D eigenvalue weighted by Crippen LogP contribution is 2.42. The molecule has 2 heteroatoms. The Balaban J connectivity index is 1.78. The summed E-state index contributed by atoms with van der Waals surface area (Å²) in [6.45, 7) is 2.18. The first-order chi connectivity index (χ1) is 15.2. The number of nitrogens with zero attached hydrogens (tertiary/aromatic N) is 2. The van der Waals surface area contributed by atoms with Gasteiger partial charge in [-0.3, -0.25) is 0 Å². The summed E-state index contributed by atoms with van der Waals surface area (Å²) in [5.41, 5.74) is 8.83. The molecule has 1 aliphatic rings. The van der Waals surface area contributed by atoms with E-state index in [0.29, 0.717) is 0 Å². The molecule has 4 aromatic rings. The first-order valence-electron chi connectivity index (χ1n) is 10.7. The SMILES string of the molecule is Cc1ccccc1[N+]1=[N+](C)C=CC1c1c(-c2ccccc2)cccc1-c1ccccc1. The van der Waals surface area contributed by atoms with Crippen LogP contribution in [-0.4, -0.2) is 16.4 Å². The molecule has 2 nitrogen and oxygen atoms in total. The highest BCUT2D eigenvalue weighted by atomic mass is 15.4. The van der Waals surface area contributed by atoms with Crippen molar-refractivity contribution in [3.05, 3.63) is 127 Å². The molecule has 0 bridgehead atoms. The van der Waals surface area contributed by atoms with Gasteiger partial charge in [0.25, 0.3) is 11.7 Å². The molecule has 0 N–H and O–H groups in total. The average Bonchev–Trinajstić information content (AvgIpc) is 3.21. The molecular formula is C29H26N2+2. The fourth-order valence-electron chi connectivity index (χ4n) is 4.54. The van der Waals surface area contributed by atoms with Gasteiger partial charge in [-0.2, -0.15) is 0 Å². The molecule has 0 saturated heterocycles. The fraction of sp³-hybridized carbons (Fsp3) is 0.103. The van der Waals surface area contributed by atoms with Crippen LogP contribution in [0, 0.1) is 6.92 Å².